The number of anilines is 2. The summed E-state index contributed by atoms with van der Waals surface area (Å²) in [6, 6.07) is 7.14. The molecule has 3 rings (SSSR count). The smallest absolute Gasteiger partial charge is 0.335 e. The Morgan fingerprint density at radius 1 is 1.15 bits per heavy atom. The summed E-state index contributed by atoms with van der Waals surface area (Å²) in [6.07, 6.45) is 1.36. The number of carboxylic acid groups (broad SMARTS) is 1. The van der Waals surface area contributed by atoms with Crippen molar-refractivity contribution in [2.45, 2.75) is 6.92 Å². The summed E-state index contributed by atoms with van der Waals surface area (Å²) in [4.78, 5) is 39.2. The van der Waals surface area contributed by atoms with Gasteiger partial charge in [-0.3, -0.25) is 9.59 Å². The van der Waals surface area contributed by atoms with Gasteiger partial charge in [0.15, 0.2) is 0 Å². The van der Waals surface area contributed by atoms with Crippen LogP contribution in [0, 0.1) is 0 Å². The SMILES string of the molecule is CC(=O)Nc1c(C(=O)Nc2ccc(Cl)cn2)oc2ccc(C(=O)O)cc12. The molecular weight excluding hydrogens is 362 g/mol. The monoisotopic (exact) mass is 373 g/mol. The van der Waals surface area contributed by atoms with Crippen LogP contribution >= 0.6 is 11.6 Å². The lowest BCUT2D eigenvalue weighted by Crippen LogP contribution is -2.15. The van der Waals surface area contributed by atoms with Crippen LogP contribution in [0.15, 0.2) is 40.9 Å². The average molecular weight is 374 g/mol. The highest BCUT2D eigenvalue weighted by atomic mass is 35.5. The fourth-order valence-corrected chi connectivity index (χ4v) is 2.43. The van der Waals surface area contributed by atoms with Gasteiger partial charge in [-0.15, -0.1) is 0 Å². The van der Waals surface area contributed by atoms with Gasteiger partial charge in [-0.05, 0) is 30.3 Å². The van der Waals surface area contributed by atoms with Crippen LogP contribution in [0.25, 0.3) is 11.0 Å². The third kappa shape index (κ3) is 3.50. The van der Waals surface area contributed by atoms with E-state index in [1.807, 2.05) is 0 Å². The molecule has 0 atom stereocenters. The van der Waals surface area contributed by atoms with E-state index in [4.69, 9.17) is 21.1 Å². The lowest BCUT2D eigenvalue weighted by atomic mass is 10.1. The Labute approximate surface area is 151 Å². The van der Waals surface area contributed by atoms with Crippen LogP contribution in [-0.2, 0) is 4.79 Å². The number of pyridine rings is 1. The quantitative estimate of drug-likeness (QED) is 0.644. The number of fused-ring (bicyclic) bond motifs is 1. The molecule has 0 spiro atoms. The zero-order valence-corrected chi connectivity index (χ0v) is 14.1. The summed E-state index contributed by atoms with van der Waals surface area (Å²) in [5.74, 6) is -2.17. The predicted molar refractivity (Wildman–Crippen MR) is 94.7 cm³/mol. The van der Waals surface area contributed by atoms with Crippen LogP contribution in [0.1, 0.15) is 27.8 Å². The number of hydrogen-bond donors (Lipinski definition) is 3. The van der Waals surface area contributed by atoms with Crippen molar-refractivity contribution in [2.24, 2.45) is 0 Å². The minimum Gasteiger partial charge on any atom is -0.478 e. The van der Waals surface area contributed by atoms with Crippen molar-refractivity contribution < 1.29 is 23.9 Å². The molecule has 0 bridgehead atoms. The Morgan fingerprint density at radius 3 is 2.54 bits per heavy atom. The summed E-state index contributed by atoms with van der Waals surface area (Å²) in [5.41, 5.74) is 0.339. The van der Waals surface area contributed by atoms with E-state index in [1.54, 1.807) is 6.07 Å². The molecule has 2 heterocycles. The van der Waals surface area contributed by atoms with E-state index in [2.05, 4.69) is 15.6 Å². The Morgan fingerprint density at radius 2 is 1.92 bits per heavy atom. The molecule has 3 aromatic rings. The predicted octanol–water partition coefficient (Wildman–Crippen LogP) is 3.39. The topological polar surface area (TPSA) is 122 Å². The molecule has 2 aromatic heterocycles. The van der Waals surface area contributed by atoms with Crippen molar-refractivity contribution in [1.82, 2.24) is 4.98 Å². The van der Waals surface area contributed by atoms with Crippen LogP contribution < -0.4 is 10.6 Å². The van der Waals surface area contributed by atoms with Gasteiger partial charge in [0.25, 0.3) is 5.91 Å². The fraction of sp³-hybridized carbons (Fsp3) is 0.0588. The standard InChI is InChI=1S/C17H12ClN3O5/c1-8(22)20-14-11-6-9(17(24)25)2-4-12(11)26-15(14)16(23)21-13-5-3-10(18)7-19-13/h2-7H,1H3,(H,20,22)(H,24,25)(H,19,21,23). The van der Waals surface area contributed by atoms with Gasteiger partial charge >= 0.3 is 5.97 Å². The van der Waals surface area contributed by atoms with Gasteiger partial charge < -0.3 is 20.2 Å². The number of aromatic nitrogens is 1. The maximum Gasteiger partial charge on any atom is 0.335 e. The molecule has 0 aliphatic rings. The van der Waals surface area contributed by atoms with Crippen LogP contribution in [0.3, 0.4) is 0 Å². The number of amides is 2. The number of benzene rings is 1. The summed E-state index contributed by atoms with van der Waals surface area (Å²) in [7, 11) is 0. The van der Waals surface area contributed by atoms with Crippen molar-refractivity contribution in [2.75, 3.05) is 10.6 Å². The molecule has 0 fully saturated rings. The Kier molecular flexibility index (Phi) is 4.59. The number of carbonyl (C=O) groups excluding carboxylic acids is 2. The van der Waals surface area contributed by atoms with Crippen molar-refractivity contribution in [3.63, 3.8) is 0 Å². The second-order valence-electron chi connectivity index (χ2n) is 5.32. The molecule has 9 heteroatoms. The molecule has 0 radical (unpaired) electrons. The normalized spacial score (nSPS) is 10.5. The first-order chi connectivity index (χ1) is 12.3. The van der Waals surface area contributed by atoms with Crippen LogP contribution in [0.5, 0.6) is 0 Å². The third-order valence-electron chi connectivity index (χ3n) is 3.41. The Bertz CT molecular complexity index is 1030. The Balaban J connectivity index is 2.05. The third-order valence-corrected chi connectivity index (χ3v) is 3.63. The van der Waals surface area contributed by atoms with E-state index in [9.17, 15) is 14.4 Å². The minimum absolute atomic E-state index is 0.00349. The number of nitrogens with one attached hydrogen (secondary N) is 2. The zero-order chi connectivity index (χ0) is 18.8. The molecule has 0 saturated heterocycles. The van der Waals surface area contributed by atoms with Gasteiger partial charge in [0.2, 0.25) is 11.7 Å². The number of nitrogens with zero attached hydrogens (tertiary/aromatic N) is 1. The van der Waals surface area contributed by atoms with Gasteiger partial charge in [0.1, 0.15) is 17.1 Å². The molecule has 0 aliphatic heterocycles. The second kappa shape index (κ2) is 6.85. The lowest BCUT2D eigenvalue weighted by Gasteiger charge is -2.05. The summed E-state index contributed by atoms with van der Waals surface area (Å²) in [6.45, 7) is 1.27. The van der Waals surface area contributed by atoms with Gasteiger partial charge in [-0.1, -0.05) is 11.6 Å². The van der Waals surface area contributed by atoms with Crippen LogP contribution in [0.2, 0.25) is 5.02 Å². The second-order valence-corrected chi connectivity index (χ2v) is 5.76. The largest absolute Gasteiger partial charge is 0.478 e. The molecule has 8 nitrogen and oxygen atoms in total. The molecule has 26 heavy (non-hydrogen) atoms. The molecular formula is C17H12ClN3O5. The maximum atomic E-state index is 12.5. The molecule has 3 N–H and O–H groups in total. The van der Waals surface area contributed by atoms with E-state index in [0.29, 0.717) is 10.4 Å². The number of aromatic carboxylic acids is 1. The molecule has 1 aromatic carbocycles. The van der Waals surface area contributed by atoms with Crippen LogP contribution in [-0.4, -0.2) is 27.9 Å². The Hall–Kier alpha value is -3.39. The molecule has 2 amide bonds. The van der Waals surface area contributed by atoms with Gasteiger partial charge in [0.05, 0.1) is 10.6 Å². The first-order valence-electron chi connectivity index (χ1n) is 7.35. The highest BCUT2D eigenvalue weighted by Gasteiger charge is 2.23. The molecule has 132 valence electrons. The minimum atomic E-state index is -1.14. The molecule has 0 unspecified atom stereocenters. The number of furan rings is 1. The molecule has 0 aliphatic carbocycles. The fourth-order valence-electron chi connectivity index (χ4n) is 2.31. The van der Waals surface area contributed by atoms with Gasteiger partial charge in [-0.25, -0.2) is 9.78 Å². The number of halogens is 1. The summed E-state index contributed by atoms with van der Waals surface area (Å²) < 4.78 is 5.52. The number of carbonyl (C=O) groups is 3. The van der Waals surface area contributed by atoms with Crippen molar-refractivity contribution >= 4 is 51.9 Å². The van der Waals surface area contributed by atoms with Gasteiger partial charge in [-0.2, -0.15) is 0 Å². The van der Waals surface area contributed by atoms with Gasteiger partial charge in [0, 0.05) is 18.5 Å². The highest BCUT2D eigenvalue weighted by Crippen LogP contribution is 2.32. The zero-order valence-electron chi connectivity index (χ0n) is 13.4. The highest BCUT2D eigenvalue weighted by molar-refractivity contribution is 6.30. The maximum absolute atomic E-state index is 12.5. The molecule has 0 saturated carbocycles. The van der Waals surface area contributed by atoms with Crippen LogP contribution in [0.4, 0.5) is 11.5 Å². The first kappa shape index (κ1) is 17.4. The average Bonchev–Trinajstić information content (AvgIpc) is 2.94. The number of hydrogen-bond acceptors (Lipinski definition) is 5. The van der Waals surface area contributed by atoms with E-state index in [1.165, 1.54) is 37.4 Å². The van der Waals surface area contributed by atoms with Crippen molar-refractivity contribution in [3.05, 3.63) is 52.9 Å². The van der Waals surface area contributed by atoms with E-state index < -0.39 is 17.8 Å². The lowest BCUT2D eigenvalue weighted by molar-refractivity contribution is -0.114. The van der Waals surface area contributed by atoms with E-state index >= 15 is 0 Å². The first-order valence-corrected chi connectivity index (χ1v) is 7.73. The van der Waals surface area contributed by atoms with Crippen molar-refractivity contribution in [3.8, 4) is 0 Å². The summed E-state index contributed by atoms with van der Waals surface area (Å²) >= 11 is 5.75. The van der Waals surface area contributed by atoms with E-state index in [-0.39, 0.29) is 28.4 Å². The number of rotatable bonds is 4. The summed E-state index contributed by atoms with van der Waals surface area (Å²) in [5, 5.41) is 14.9. The number of carboxylic acids is 1. The van der Waals surface area contributed by atoms with Crippen molar-refractivity contribution in [1.29, 1.82) is 0 Å². The van der Waals surface area contributed by atoms with E-state index in [0.717, 1.165) is 0 Å².